The molecule has 27 heavy (non-hydrogen) atoms. The highest BCUT2D eigenvalue weighted by molar-refractivity contribution is 5.76. The zero-order valence-corrected chi connectivity index (χ0v) is 16.7. The van der Waals surface area contributed by atoms with E-state index in [1.54, 1.807) is 18.2 Å². The van der Waals surface area contributed by atoms with Crippen LogP contribution in [0.4, 0.5) is 0 Å². The lowest BCUT2D eigenvalue weighted by Crippen LogP contribution is -2.22. The zero-order valence-electron chi connectivity index (χ0n) is 16.7. The molecule has 1 aromatic rings. The minimum absolute atomic E-state index is 0.0254. The number of benzene rings is 1. The summed E-state index contributed by atoms with van der Waals surface area (Å²) in [7, 11) is 2.92. The minimum atomic E-state index is -0.500. The van der Waals surface area contributed by atoms with Crippen LogP contribution >= 0.6 is 0 Å². The van der Waals surface area contributed by atoms with Gasteiger partial charge in [0.25, 0.3) is 0 Å². The smallest absolute Gasteiger partial charge is 0.337 e. The average Bonchev–Trinajstić information content (AvgIpc) is 2.63. The molecule has 0 aromatic heterocycles. The highest BCUT2D eigenvalue weighted by Gasteiger charge is 2.11. The van der Waals surface area contributed by atoms with E-state index in [0.717, 1.165) is 24.8 Å². The van der Waals surface area contributed by atoms with Gasteiger partial charge in [0.1, 0.15) is 6.61 Å². The standard InChI is InChI=1S/C21H31NO5/c1-16(2)9-7-5-6-8-10-20(23)22-14-17-11-12-18(19(13-17)26-4)27-21(24)15-25-3/h7,9,11-13,16H,5-6,8,10,14-15H2,1-4H3,(H,22,23)/b9-7+. The quantitative estimate of drug-likeness (QED) is 0.261. The molecular formula is C21H31NO5. The van der Waals surface area contributed by atoms with Crippen LogP contribution in [0.3, 0.4) is 0 Å². The van der Waals surface area contributed by atoms with Crippen molar-refractivity contribution in [2.45, 2.75) is 46.1 Å². The number of esters is 1. The van der Waals surface area contributed by atoms with Gasteiger partial charge in [-0.2, -0.15) is 0 Å². The van der Waals surface area contributed by atoms with Gasteiger partial charge in [-0.1, -0.05) is 32.1 Å². The minimum Gasteiger partial charge on any atom is -0.493 e. The van der Waals surface area contributed by atoms with E-state index >= 15 is 0 Å². The van der Waals surface area contributed by atoms with E-state index < -0.39 is 5.97 Å². The van der Waals surface area contributed by atoms with Crippen molar-refractivity contribution in [2.24, 2.45) is 5.92 Å². The van der Waals surface area contributed by atoms with E-state index in [2.05, 4.69) is 31.3 Å². The summed E-state index contributed by atoms with van der Waals surface area (Å²) in [5.74, 6) is 0.852. The molecule has 0 radical (unpaired) electrons. The fourth-order valence-electron chi connectivity index (χ4n) is 2.38. The van der Waals surface area contributed by atoms with Crippen LogP contribution in [-0.4, -0.2) is 32.7 Å². The first-order valence-corrected chi connectivity index (χ1v) is 9.26. The Morgan fingerprint density at radius 1 is 1.15 bits per heavy atom. The molecule has 0 heterocycles. The van der Waals surface area contributed by atoms with E-state index in [1.165, 1.54) is 14.2 Å². The molecule has 150 valence electrons. The van der Waals surface area contributed by atoms with Crippen molar-refractivity contribution in [1.82, 2.24) is 5.32 Å². The van der Waals surface area contributed by atoms with Crippen LogP contribution in [0, 0.1) is 5.92 Å². The summed E-state index contributed by atoms with van der Waals surface area (Å²) in [4.78, 5) is 23.5. The Kier molecular flexibility index (Phi) is 10.9. The lowest BCUT2D eigenvalue weighted by molar-refractivity contribution is -0.138. The summed E-state index contributed by atoms with van der Waals surface area (Å²) in [6, 6.07) is 5.18. The summed E-state index contributed by atoms with van der Waals surface area (Å²) in [5, 5.41) is 2.90. The molecular weight excluding hydrogens is 346 g/mol. The van der Waals surface area contributed by atoms with Gasteiger partial charge in [0.15, 0.2) is 11.5 Å². The van der Waals surface area contributed by atoms with Gasteiger partial charge < -0.3 is 19.5 Å². The largest absolute Gasteiger partial charge is 0.493 e. The normalized spacial score (nSPS) is 11.0. The van der Waals surface area contributed by atoms with Gasteiger partial charge in [-0.15, -0.1) is 0 Å². The van der Waals surface area contributed by atoms with E-state index in [-0.39, 0.29) is 12.5 Å². The van der Waals surface area contributed by atoms with E-state index in [9.17, 15) is 9.59 Å². The Balaban J connectivity index is 2.41. The van der Waals surface area contributed by atoms with Crippen molar-refractivity contribution < 1.29 is 23.8 Å². The predicted octanol–water partition coefficient (Wildman–Crippen LogP) is 3.64. The Bertz CT molecular complexity index is 625. The second-order valence-electron chi connectivity index (χ2n) is 6.59. The van der Waals surface area contributed by atoms with Gasteiger partial charge >= 0.3 is 5.97 Å². The van der Waals surface area contributed by atoms with Gasteiger partial charge in [-0.3, -0.25) is 4.79 Å². The maximum absolute atomic E-state index is 12.0. The summed E-state index contributed by atoms with van der Waals surface area (Å²) in [6.07, 6.45) is 7.75. The monoisotopic (exact) mass is 377 g/mol. The van der Waals surface area contributed by atoms with Crippen LogP contribution in [0.2, 0.25) is 0 Å². The molecule has 1 rings (SSSR count). The van der Waals surface area contributed by atoms with Gasteiger partial charge in [0.05, 0.1) is 7.11 Å². The van der Waals surface area contributed by atoms with Crippen molar-refractivity contribution in [1.29, 1.82) is 0 Å². The van der Waals surface area contributed by atoms with Gasteiger partial charge in [-0.25, -0.2) is 4.79 Å². The topological polar surface area (TPSA) is 73.9 Å². The first kappa shape index (κ1) is 22.7. The van der Waals surface area contributed by atoms with Crippen LogP contribution in [0.1, 0.15) is 45.1 Å². The van der Waals surface area contributed by atoms with Crippen molar-refractivity contribution in [3.05, 3.63) is 35.9 Å². The third-order valence-corrected chi connectivity index (χ3v) is 3.75. The molecule has 0 saturated heterocycles. The number of carbonyl (C=O) groups is 2. The van der Waals surface area contributed by atoms with Crippen LogP contribution in [0.15, 0.2) is 30.4 Å². The Hall–Kier alpha value is -2.34. The molecule has 0 fully saturated rings. The summed E-state index contributed by atoms with van der Waals surface area (Å²) in [5.41, 5.74) is 0.867. The Morgan fingerprint density at radius 3 is 2.59 bits per heavy atom. The van der Waals surface area contributed by atoms with E-state index in [0.29, 0.717) is 30.4 Å². The molecule has 0 spiro atoms. The molecule has 0 aliphatic carbocycles. The molecule has 1 aromatic carbocycles. The first-order chi connectivity index (χ1) is 13.0. The maximum atomic E-state index is 12.0. The molecule has 0 unspecified atom stereocenters. The molecule has 1 amide bonds. The molecule has 0 aliphatic heterocycles. The maximum Gasteiger partial charge on any atom is 0.337 e. The number of methoxy groups -OCH3 is 2. The molecule has 0 atom stereocenters. The fourth-order valence-corrected chi connectivity index (χ4v) is 2.38. The van der Waals surface area contributed by atoms with Crippen LogP contribution in [0.25, 0.3) is 0 Å². The number of carbonyl (C=O) groups excluding carboxylic acids is 2. The molecule has 0 saturated carbocycles. The number of allylic oxidation sites excluding steroid dienone is 2. The number of unbranched alkanes of at least 4 members (excludes halogenated alkanes) is 2. The third-order valence-electron chi connectivity index (χ3n) is 3.75. The number of rotatable bonds is 12. The zero-order chi connectivity index (χ0) is 20.1. The second kappa shape index (κ2) is 12.9. The third kappa shape index (κ3) is 9.80. The van der Waals surface area contributed by atoms with Crippen molar-refractivity contribution in [2.75, 3.05) is 20.8 Å². The fraction of sp³-hybridized carbons (Fsp3) is 0.524. The van der Waals surface area contributed by atoms with Crippen molar-refractivity contribution >= 4 is 11.9 Å². The van der Waals surface area contributed by atoms with E-state index in [1.807, 2.05) is 0 Å². The van der Waals surface area contributed by atoms with Crippen LogP contribution in [-0.2, 0) is 20.9 Å². The molecule has 0 bridgehead atoms. The number of hydrogen-bond donors (Lipinski definition) is 1. The van der Waals surface area contributed by atoms with Crippen molar-refractivity contribution in [3.8, 4) is 11.5 Å². The molecule has 6 nitrogen and oxygen atoms in total. The molecule has 0 aliphatic rings. The highest BCUT2D eigenvalue weighted by atomic mass is 16.6. The predicted molar refractivity (Wildman–Crippen MR) is 105 cm³/mol. The summed E-state index contributed by atoms with van der Waals surface area (Å²) < 4.78 is 15.2. The second-order valence-corrected chi connectivity index (χ2v) is 6.59. The Morgan fingerprint density at radius 2 is 1.93 bits per heavy atom. The van der Waals surface area contributed by atoms with Gasteiger partial charge in [0.2, 0.25) is 5.91 Å². The summed E-state index contributed by atoms with van der Waals surface area (Å²) in [6.45, 7) is 4.56. The average molecular weight is 377 g/mol. The van der Waals surface area contributed by atoms with E-state index in [4.69, 9.17) is 14.2 Å². The highest BCUT2D eigenvalue weighted by Crippen LogP contribution is 2.28. The number of hydrogen-bond acceptors (Lipinski definition) is 5. The lowest BCUT2D eigenvalue weighted by Gasteiger charge is -2.11. The Labute approximate surface area is 161 Å². The first-order valence-electron chi connectivity index (χ1n) is 9.26. The lowest BCUT2D eigenvalue weighted by atomic mass is 10.1. The number of nitrogens with one attached hydrogen (secondary N) is 1. The van der Waals surface area contributed by atoms with Crippen LogP contribution < -0.4 is 14.8 Å². The van der Waals surface area contributed by atoms with Crippen LogP contribution in [0.5, 0.6) is 11.5 Å². The number of amides is 1. The van der Waals surface area contributed by atoms with Crippen molar-refractivity contribution in [3.63, 3.8) is 0 Å². The summed E-state index contributed by atoms with van der Waals surface area (Å²) >= 11 is 0. The number of ether oxygens (including phenoxy) is 3. The SMILES string of the molecule is COCC(=O)Oc1ccc(CNC(=O)CCCC/C=C/C(C)C)cc1OC. The molecule has 1 N–H and O–H groups in total. The van der Waals surface area contributed by atoms with Gasteiger partial charge in [-0.05, 0) is 42.9 Å². The molecule has 6 heteroatoms. The van der Waals surface area contributed by atoms with Gasteiger partial charge in [0, 0.05) is 20.1 Å².